The first-order chi connectivity index (χ1) is 21.4. The summed E-state index contributed by atoms with van der Waals surface area (Å²) in [7, 11) is 0. The summed E-state index contributed by atoms with van der Waals surface area (Å²) in [5, 5.41) is 23.0. The fraction of sp³-hybridized carbons (Fsp3) is 0.697. The van der Waals surface area contributed by atoms with Crippen LogP contribution < -0.4 is 5.32 Å². The molecule has 4 aliphatic rings. The highest BCUT2D eigenvalue weighted by atomic mass is 16.8. The predicted octanol–water partition coefficient (Wildman–Crippen LogP) is 3.22. The summed E-state index contributed by atoms with van der Waals surface area (Å²) in [5.41, 5.74) is 0.413. The van der Waals surface area contributed by atoms with Gasteiger partial charge in [-0.1, -0.05) is 63.8 Å². The standard InChI is InChI=1S/C33H48N2O9/c1-3-5-9-14-32(15-10-6-4-2)42-26-25-21-33(31(39)34-16-17-36)28(30(38)41-25)35(44-29(33)27(26)43-32)22-24-12-8-7-11-23(24)13-19-40-20-18-37/h7-8,11-13,19,25-29,36-37H,3-6,9-10,14-18,20-22H2,1-2H3,(H,34,39)/t25-,26+,27+,28+,29-,33+/m1/s1. The summed E-state index contributed by atoms with van der Waals surface area (Å²) in [4.78, 5) is 34.5. The Balaban J connectivity index is 1.48. The van der Waals surface area contributed by atoms with Crippen LogP contribution in [0.4, 0.5) is 0 Å². The minimum absolute atomic E-state index is 0.0601. The molecule has 44 heavy (non-hydrogen) atoms. The Kier molecular flexibility index (Phi) is 11.0. The number of esters is 1. The molecule has 1 aliphatic carbocycles. The lowest BCUT2D eigenvalue weighted by atomic mass is 9.62. The van der Waals surface area contributed by atoms with Crippen molar-refractivity contribution in [3.05, 3.63) is 41.7 Å². The molecule has 11 nitrogen and oxygen atoms in total. The van der Waals surface area contributed by atoms with Crippen LogP contribution in [0.2, 0.25) is 0 Å². The maximum absolute atomic E-state index is 14.1. The first-order valence-corrected chi connectivity index (χ1v) is 16.3. The molecule has 0 unspecified atom stereocenters. The highest BCUT2D eigenvalue weighted by Crippen LogP contribution is 2.58. The second-order valence-electron chi connectivity index (χ2n) is 12.3. The molecule has 2 bridgehead atoms. The molecule has 11 heteroatoms. The maximum atomic E-state index is 14.1. The second kappa shape index (κ2) is 14.7. The van der Waals surface area contributed by atoms with Gasteiger partial charge in [-0.05, 0) is 30.0 Å². The number of carbonyl (C=O) groups is 2. The van der Waals surface area contributed by atoms with Gasteiger partial charge < -0.3 is 34.5 Å². The fourth-order valence-electron chi connectivity index (χ4n) is 7.28. The van der Waals surface area contributed by atoms with Crippen molar-refractivity contribution < 1.29 is 43.6 Å². The van der Waals surface area contributed by atoms with E-state index in [4.69, 9.17) is 28.9 Å². The Bertz CT molecular complexity index is 1150. The molecule has 1 aromatic rings. The first kappa shape index (κ1) is 32.8. The van der Waals surface area contributed by atoms with Gasteiger partial charge in [-0.25, -0.2) is 0 Å². The van der Waals surface area contributed by atoms with Crippen LogP contribution in [-0.4, -0.2) is 89.8 Å². The van der Waals surface area contributed by atoms with E-state index in [1.165, 1.54) is 6.26 Å². The lowest BCUT2D eigenvalue weighted by Gasteiger charge is -2.48. The van der Waals surface area contributed by atoms with Gasteiger partial charge in [-0.2, -0.15) is 5.06 Å². The number of amides is 1. The lowest BCUT2D eigenvalue weighted by Crippen LogP contribution is -2.69. The van der Waals surface area contributed by atoms with E-state index >= 15 is 0 Å². The molecular formula is C33H48N2O9. The van der Waals surface area contributed by atoms with E-state index in [2.05, 4.69) is 19.2 Å². The molecule has 3 N–H and O–H groups in total. The predicted molar refractivity (Wildman–Crippen MR) is 161 cm³/mol. The molecule has 1 saturated carbocycles. The number of unbranched alkanes of at least 4 members (excludes halogenated alkanes) is 4. The Morgan fingerprint density at radius 2 is 1.80 bits per heavy atom. The molecule has 6 atom stereocenters. The molecule has 1 aromatic carbocycles. The average molecular weight is 617 g/mol. The Morgan fingerprint density at radius 1 is 1.07 bits per heavy atom. The molecule has 3 heterocycles. The summed E-state index contributed by atoms with van der Waals surface area (Å²) < 4.78 is 25.0. The van der Waals surface area contributed by atoms with Gasteiger partial charge in [0.2, 0.25) is 5.91 Å². The number of benzene rings is 1. The minimum Gasteiger partial charge on any atom is -0.499 e. The van der Waals surface area contributed by atoms with Crippen LogP contribution in [0.25, 0.3) is 6.08 Å². The Hall–Kier alpha value is -2.54. The zero-order valence-corrected chi connectivity index (χ0v) is 25.9. The molecule has 0 radical (unpaired) electrons. The van der Waals surface area contributed by atoms with Crippen LogP contribution in [0.1, 0.15) is 82.8 Å². The van der Waals surface area contributed by atoms with Gasteiger partial charge in [-0.3, -0.25) is 14.4 Å². The van der Waals surface area contributed by atoms with Gasteiger partial charge in [0.05, 0.1) is 26.0 Å². The third-order valence-corrected chi connectivity index (χ3v) is 9.33. The number of hydrogen-bond acceptors (Lipinski definition) is 10. The number of hydroxylamine groups is 2. The van der Waals surface area contributed by atoms with Gasteiger partial charge in [0.15, 0.2) is 11.8 Å². The number of aliphatic hydroxyl groups excluding tert-OH is 2. The van der Waals surface area contributed by atoms with Gasteiger partial charge in [-0.15, -0.1) is 0 Å². The SMILES string of the molecule is CCCCCC1(CCCCC)O[C@@H]2[C@H](O1)[C@H]1ON(Cc3ccccc3C=COCCO)[C@H]3C(=O)O[C@@H]2C[C@@]13C(=O)NCCO. The monoisotopic (exact) mass is 616 g/mol. The van der Waals surface area contributed by atoms with Crippen LogP contribution in [0, 0.1) is 5.41 Å². The van der Waals surface area contributed by atoms with Crippen LogP contribution in [-0.2, 0) is 39.9 Å². The number of nitrogens with one attached hydrogen (secondary N) is 1. The summed E-state index contributed by atoms with van der Waals surface area (Å²) in [6.07, 6.45) is 8.53. The summed E-state index contributed by atoms with van der Waals surface area (Å²) in [6, 6.07) is 6.63. The Labute approximate surface area is 259 Å². The summed E-state index contributed by atoms with van der Waals surface area (Å²) in [6.45, 7) is 4.45. The van der Waals surface area contributed by atoms with E-state index < -0.39 is 47.6 Å². The van der Waals surface area contributed by atoms with Crippen LogP contribution in [0.5, 0.6) is 0 Å². The largest absolute Gasteiger partial charge is 0.499 e. The zero-order valence-electron chi connectivity index (χ0n) is 25.9. The summed E-state index contributed by atoms with van der Waals surface area (Å²) in [5.74, 6) is -1.71. The number of aliphatic hydroxyl groups is 2. The van der Waals surface area contributed by atoms with E-state index in [1.54, 1.807) is 11.1 Å². The second-order valence-corrected chi connectivity index (χ2v) is 12.3. The van der Waals surface area contributed by atoms with Crippen molar-refractivity contribution in [3.8, 4) is 0 Å². The van der Waals surface area contributed by atoms with Gasteiger partial charge >= 0.3 is 5.97 Å². The van der Waals surface area contributed by atoms with E-state index in [0.29, 0.717) is 0 Å². The number of rotatable bonds is 17. The number of hydrogen-bond donors (Lipinski definition) is 3. The minimum atomic E-state index is -1.28. The van der Waals surface area contributed by atoms with E-state index in [1.807, 2.05) is 24.3 Å². The molecule has 3 saturated heterocycles. The summed E-state index contributed by atoms with van der Waals surface area (Å²) >= 11 is 0. The molecule has 0 aromatic heterocycles. The average Bonchev–Trinajstić information content (AvgIpc) is 3.57. The van der Waals surface area contributed by atoms with Gasteiger partial charge in [0.25, 0.3) is 0 Å². The molecule has 5 rings (SSSR count). The van der Waals surface area contributed by atoms with E-state index in [0.717, 1.165) is 62.5 Å². The van der Waals surface area contributed by atoms with Crippen LogP contribution >= 0.6 is 0 Å². The lowest BCUT2D eigenvalue weighted by molar-refractivity contribution is -0.224. The molecule has 244 valence electrons. The zero-order chi connectivity index (χ0) is 31.2. The number of ether oxygens (including phenoxy) is 4. The molecule has 3 aliphatic heterocycles. The van der Waals surface area contributed by atoms with E-state index in [9.17, 15) is 14.7 Å². The van der Waals surface area contributed by atoms with Gasteiger partial charge in [0.1, 0.15) is 36.4 Å². The van der Waals surface area contributed by atoms with Crippen molar-refractivity contribution in [3.63, 3.8) is 0 Å². The van der Waals surface area contributed by atoms with Crippen molar-refractivity contribution in [2.45, 2.75) is 114 Å². The number of carbonyl (C=O) groups excluding carboxylic acids is 2. The highest BCUT2D eigenvalue weighted by molar-refractivity contribution is 5.93. The maximum Gasteiger partial charge on any atom is 0.327 e. The van der Waals surface area contributed by atoms with Crippen LogP contribution in [0.15, 0.2) is 30.5 Å². The molecule has 1 amide bonds. The quantitative estimate of drug-likeness (QED) is 0.136. The van der Waals surface area contributed by atoms with Crippen LogP contribution in [0.3, 0.4) is 0 Å². The third kappa shape index (κ3) is 6.41. The topological polar surface area (TPSA) is 136 Å². The normalized spacial score (nSPS) is 30.4. The number of nitrogens with zero attached hydrogens (tertiary/aromatic N) is 1. The fourth-order valence-corrected chi connectivity index (χ4v) is 7.28. The van der Waals surface area contributed by atoms with Crippen molar-refractivity contribution in [1.29, 1.82) is 0 Å². The van der Waals surface area contributed by atoms with Gasteiger partial charge in [0, 0.05) is 25.8 Å². The van der Waals surface area contributed by atoms with Crippen molar-refractivity contribution >= 4 is 18.0 Å². The van der Waals surface area contributed by atoms with Crippen molar-refractivity contribution in [2.24, 2.45) is 5.41 Å². The van der Waals surface area contributed by atoms with Crippen molar-refractivity contribution in [1.82, 2.24) is 10.4 Å². The van der Waals surface area contributed by atoms with Crippen molar-refractivity contribution in [2.75, 3.05) is 26.4 Å². The Morgan fingerprint density at radius 3 is 2.50 bits per heavy atom. The highest BCUT2D eigenvalue weighted by Gasteiger charge is 2.76. The third-order valence-electron chi connectivity index (χ3n) is 9.33. The molecular weight excluding hydrogens is 568 g/mol. The van der Waals surface area contributed by atoms with E-state index in [-0.39, 0.29) is 45.2 Å². The first-order valence-electron chi connectivity index (χ1n) is 16.3. The molecule has 4 fully saturated rings. The number of fused-ring (bicyclic) bond motifs is 4. The molecule has 0 spiro atoms. The smallest absolute Gasteiger partial charge is 0.327 e.